The molecule has 0 saturated heterocycles. The third kappa shape index (κ3) is 6.73. The first-order chi connectivity index (χ1) is 18.8. The minimum atomic E-state index is -0.855. The molecular weight excluding hydrogens is 514 g/mol. The third-order valence-corrected chi connectivity index (χ3v) is 7.91. The van der Waals surface area contributed by atoms with E-state index in [1.54, 1.807) is 24.3 Å². The largest absolute Gasteiger partial charge is 0.388 e. The van der Waals surface area contributed by atoms with E-state index in [1.165, 1.54) is 6.21 Å². The van der Waals surface area contributed by atoms with E-state index in [4.69, 9.17) is 28.8 Å². The minimum Gasteiger partial charge on any atom is -0.388 e. The van der Waals surface area contributed by atoms with Gasteiger partial charge < -0.3 is 26.8 Å². The minimum absolute atomic E-state index is 0.0235. The zero-order valence-electron chi connectivity index (χ0n) is 21.6. The number of carbonyl (C=O) groups excluding carboxylic acids is 3. The maximum absolute atomic E-state index is 13.4. The average molecular weight is 546 g/mol. The summed E-state index contributed by atoms with van der Waals surface area (Å²) in [5, 5.41) is 24.3. The molecule has 0 radical (unpaired) electrons. The highest BCUT2D eigenvalue weighted by Gasteiger charge is 2.52. The molecule has 0 heterocycles. The second-order valence-electron chi connectivity index (χ2n) is 10.2. The smallest absolute Gasteiger partial charge is 0.310 e. The first kappa shape index (κ1) is 28.1. The van der Waals surface area contributed by atoms with Gasteiger partial charge in [-0.05, 0) is 48.7 Å². The summed E-state index contributed by atoms with van der Waals surface area (Å²) in [7, 11) is 0. The molecule has 5 N–H and O–H groups in total. The van der Waals surface area contributed by atoms with Crippen molar-refractivity contribution in [1.29, 1.82) is 10.8 Å². The van der Waals surface area contributed by atoms with Crippen LogP contribution in [0.4, 0.5) is 0 Å². The van der Waals surface area contributed by atoms with Gasteiger partial charge in [-0.1, -0.05) is 48.4 Å². The van der Waals surface area contributed by atoms with Crippen LogP contribution in [-0.2, 0) is 16.1 Å². The number of rotatable bonds is 12. The van der Waals surface area contributed by atoms with Gasteiger partial charge >= 0.3 is 11.8 Å². The Labute approximate surface area is 233 Å². The number of allylic oxidation sites excluding steroid dienone is 5. The summed E-state index contributed by atoms with van der Waals surface area (Å²) < 4.78 is 0. The monoisotopic (exact) mass is 545 g/mol. The third-order valence-electron chi connectivity index (χ3n) is 7.41. The summed E-state index contributed by atoms with van der Waals surface area (Å²) in [6.07, 6.45) is 18.4. The predicted octanol–water partition coefficient (Wildman–Crippen LogP) is 3.43. The second-order valence-corrected chi connectivity index (χ2v) is 10.7. The number of hydrogen-bond donors (Lipinski definition) is 5. The fourth-order valence-corrected chi connectivity index (χ4v) is 5.39. The Morgan fingerprint density at radius 1 is 1.15 bits per heavy atom. The molecule has 2 fully saturated rings. The van der Waals surface area contributed by atoms with Crippen LogP contribution < -0.4 is 16.0 Å². The van der Waals surface area contributed by atoms with Crippen molar-refractivity contribution in [2.75, 3.05) is 6.54 Å². The number of carbonyl (C=O) groups is 3. The fourth-order valence-electron chi connectivity index (χ4n) is 4.84. The number of terminal acetylenes is 1. The summed E-state index contributed by atoms with van der Waals surface area (Å²) in [4.78, 5) is 37.2. The highest BCUT2D eigenvalue weighted by Crippen LogP contribution is 2.59. The molecule has 39 heavy (non-hydrogen) atoms. The van der Waals surface area contributed by atoms with Crippen LogP contribution in [0.15, 0.2) is 59.8 Å². The van der Waals surface area contributed by atoms with Crippen LogP contribution in [0, 0.1) is 34.5 Å². The van der Waals surface area contributed by atoms with E-state index in [1.807, 2.05) is 18.4 Å². The molecule has 2 saturated carbocycles. The Morgan fingerprint density at radius 2 is 1.87 bits per heavy atom. The molecule has 8 nitrogen and oxygen atoms in total. The Morgan fingerprint density at radius 3 is 2.54 bits per heavy atom. The van der Waals surface area contributed by atoms with E-state index in [2.05, 4.69) is 27.9 Å². The first-order valence-corrected chi connectivity index (χ1v) is 13.4. The van der Waals surface area contributed by atoms with Gasteiger partial charge in [-0.3, -0.25) is 14.4 Å². The highest BCUT2D eigenvalue weighted by molar-refractivity contribution is 6.45. The lowest BCUT2D eigenvalue weighted by molar-refractivity contribution is -0.139. The van der Waals surface area contributed by atoms with Crippen molar-refractivity contribution in [3.8, 4) is 12.3 Å². The van der Waals surface area contributed by atoms with Crippen molar-refractivity contribution in [3.05, 3.63) is 71.0 Å². The van der Waals surface area contributed by atoms with Crippen LogP contribution in [-0.4, -0.2) is 47.5 Å². The fraction of sp³-hybridized carbons (Fsp3) is 0.367. The number of hydrogen-bond acceptors (Lipinski definition) is 6. The van der Waals surface area contributed by atoms with Gasteiger partial charge in [0.15, 0.2) is 0 Å². The zero-order valence-corrected chi connectivity index (χ0v) is 22.3. The molecule has 2 amide bonds. The molecule has 3 aliphatic carbocycles. The molecule has 4 rings (SSSR count). The standard InChI is InChI=1S/C30H32ClN5O3/c1-2-14-34-28(38)29(39)36-17-19-6-3-4-7-23(19)27(37)25(33)15-30(12-13-30)24-9-5-8-22(26(24)31)20(16-32)18-35-21-10-11-21/h1,3-9,16,18,21,24,26,32-33,35H,10-15,17H2,(H,34,38)(H,36,39)/b20-18+,32-16?,33-25?. The molecule has 0 bridgehead atoms. The van der Waals surface area contributed by atoms with Crippen molar-refractivity contribution in [2.24, 2.45) is 11.3 Å². The second kappa shape index (κ2) is 12.3. The molecule has 9 heteroatoms. The van der Waals surface area contributed by atoms with Gasteiger partial charge in [-0.25, -0.2) is 0 Å². The van der Waals surface area contributed by atoms with Gasteiger partial charge in [0.25, 0.3) is 0 Å². The van der Waals surface area contributed by atoms with E-state index in [-0.39, 0.29) is 41.9 Å². The molecule has 3 aliphatic rings. The summed E-state index contributed by atoms with van der Waals surface area (Å²) in [6.45, 7) is -0.104. The lowest BCUT2D eigenvalue weighted by Gasteiger charge is -2.32. The van der Waals surface area contributed by atoms with Gasteiger partial charge in [0, 0.05) is 42.1 Å². The van der Waals surface area contributed by atoms with Crippen LogP contribution in [0.25, 0.3) is 0 Å². The van der Waals surface area contributed by atoms with Crippen LogP contribution in [0.3, 0.4) is 0 Å². The predicted molar refractivity (Wildman–Crippen MR) is 152 cm³/mol. The Balaban J connectivity index is 1.42. The van der Waals surface area contributed by atoms with Gasteiger partial charge in [0.2, 0.25) is 5.78 Å². The number of nitrogens with one attached hydrogen (secondary N) is 5. The van der Waals surface area contributed by atoms with E-state index in [0.29, 0.717) is 17.2 Å². The molecule has 0 aliphatic heterocycles. The summed E-state index contributed by atoms with van der Waals surface area (Å²) >= 11 is 6.98. The van der Waals surface area contributed by atoms with Crippen LogP contribution in [0.2, 0.25) is 0 Å². The summed E-state index contributed by atoms with van der Waals surface area (Å²) in [5.41, 5.74) is 2.10. The Kier molecular flexibility index (Phi) is 8.82. The quantitative estimate of drug-likeness (QED) is 0.0904. The van der Waals surface area contributed by atoms with E-state index < -0.39 is 17.6 Å². The topological polar surface area (TPSA) is 135 Å². The maximum atomic E-state index is 13.4. The molecule has 0 aromatic heterocycles. The van der Waals surface area contributed by atoms with Crippen molar-refractivity contribution < 1.29 is 14.4 Å². The normalized spacial score (nSPS) is 21.1. The molecule has 202 valence electrons. The van der Waals surface area contributed by atoms with Crippen LogP contribution >= 0.6 is 11.6 Å². The van der Waals surface area contributed by atoms with Gasteiger partial charge in [0.1, 0.15) is 0 Å². The van der Waals surface area contributed by atoms with Crippen molar-refractivity contribution >= 4 is 41.1 Å². The number of benzene rings is 1. The molecule has 2 unspecified atom stereocenters. The van der Waals surface area contributed by atoms with Crippen molar-refractivity contribution in [3.63, 3.8) is 0 Å². The van der Waals surface area contributed by atoms with Crippen LogP contribution in [0.1, 0.15) is 48.0 Å². The molecule has 0 spiro atoms. The SMILES string of the molecule is C#CCNC(=O)C(=O)NCc1ccccc1C(=O)C(=N)CC1(C2C=CC=C(/C(C=N)=C/NC3CC3)C2Cl)CC1. The zero-order chi connectivity index (χ0) is 28.0. The number of Topliss-reactive ketones (excluding diaryl/α,β-unsaturated/α-hetero) is 1. The highest BCUT2D eigenvalue weighted by atomic mass is 35.5. The molecule has 1 aromatic rings. The van der Waals surface area contributed by atoms with E-state index in [0.717, 1.165) is 36.8 Å². The Hall–Kier alpha value is -3.96. The van der Waals surface area contributed by atoms with Gasteiger partial charge in [-0.15, -0.1) is 18.0 Å². The molecule has 2 atom stereocenters. The van der Waals surface area contributed by atoms with Crippen molar-refractivity contribution in [2.45, 2.75) is 50.1 Å². The van der Waals surface area contributed by atoms with Gasteiger partial charge in [-0.2, -0.15) is 0 Å². The molecular formula is C30H32ClN5O3. The number of alkyl halides is 1. The van der Waals surface area contributed by atoms with Gasteiger partial charge in [0.05, 0.1) is 17.6 Å². The lowest BCUT2D eigenvalue weighted by atomic mass is 9.76. The average Bonchev–Trinajstić information content (AvgIpc) is 3.88. The maximum Gasteiger partial charge on any atom is 0.310 e. The van der Waals surface area contributed by atoms with Crippen LogP contribution in [0.5, 0.6) is 0 Å². The molecule has 1 aromatic carbocycles. The Bertz CT molecular complexity index is 1310. The summed E-state index contributed by atoms with van der Waals surface area (Å²) in [5.74, 6) is 0.0227. The van der Waals surface area contributed by atoms with E-state index in [9.17, 15) is 14.4 Å². The summed E-state index contributed by atoms with van der Waals surface area (Å²) in [6, 6.07) is 7.20. The van der Waals surface area contributed by atoms with E-state index >= 15 is 0 Å². The van der Waals surface area contributed by atoms with Crippen molar-refractivity contribution in [1.82, 2.24) is 16.0 Å². The first-order valence-electron chi connectivity index (χ1n) is 13.0. The number of amides is 2. The number of halogens is 1. The lowest BCUT2D eigenvalue weighted by Crippen LogP contribution is -2.39. The number of ketones is 1.